The van der Waals surface area contributed by atoms with Gasteiger partial charge in [0.05, 0.1) is 6.10 Å². The van der Waals surface area contributed by atoms with Crippen molar-refractivity contribution in [1.29, 1.82) is 0 Å². The Kier molecular flexibility index (Phi) is 3.07. The van der Waals surface area contributed by atoms with Crippen LogP contribution in [0, 0.1) is 0 Å². The van der Waals surface area contributed by atoms with E-state index in [2.05, 4.69) is 0 Å². The average Bonchev–Trinajstić information content (AvgIpc) is 2.71. The molecule has 1 aromatic rings. The molecule has 1 amide bonds. The van der Waals surface area contributed by atoms with E-state index >= 15 is 0 Å². The van der Waals surface area contributed by atoms with Crippen LogP contribution in [0.5, 0.6) is 0 Å². The van der Waals surface area contributed by atoms with E-state index in [1.165, 1.54) is 0 Å². The lowest BCUT2D eigenvalue weighted by molar-refractivity contribution is -0.145. The van der Waals surface area contributed by atoms with E-state index in [9.17, 15) is 4.79 Å². The molecule has 102 valence electrons. The molecule has 19 heavy (non-hydrogen) atoms. The number of benzene rings is 1. The molecule has 2 saturated heterocycles. The molecule has 2 atom stereocenters. The van der Waals surface area contributed by atoms with Crippen LogP contribution >= 0.6 is 0 Å². The number of carbonyl (C=O) groups excluding carboxylic acids is 1. The number of hydrogen-bond donors (Lipinski definition) is 0. The van der Waals surface area contributed by atoms with Crippen molar-refractivity contribution in [2.75, 3.05) is 13.1 Å². The summed E-state index contributed by atoms with van der Waals surface area (Å²) < 4.78 is 11.7. The van der Waals surface area contributed by atoms with E-state index in [-0.39, 0.29) is 18.1 Å². The number of nitrogens with zero attached hydrogens (tertiary/aromatic N) is 1. The highest BCUT2D eigenvalue weighted by atomic mass is 16.8. The molecule has 0 N–H and O–H groups in total. The second-order valence-electron chi connectivity index (χ2n) is 5.62. The summed E-state index contributed by atoms with van der Waals surface area (Å²) >= 11 is 0. The van der Waals surface area contributed by atoms with Gasteiger partial charge in [0.1, 0.15) is 6.10 Å². The normalized spacial score (nSPS) is 29.1. The van der Waals surface area contributed by atoms with Gasteiger partial charge in [0, 0.05) is 18.7 Å². The second-order valence-corrected chi connectivity index (χ2v) is 5.62. The van der Waals surface area contributed by atoms with Gasteiger partial charge >= 0.3 is 0 Å². The fraction of sp³-hybridized carbons (Fsp3) is 0.533. The number of rotatable bonds is 1. The van der Waals surface area contributed by atoms with Crippen LogP contribution in [0.3, 0.4) is 0 Å². The smallest absolute Gasteiger partial charge is 0.253 e. The minimum Gasteiger partial charge on any atom is -0.344 e. The van der Waals surface area contributed by atoms with Crippen LogP contribution in [0.15, 0.2) is 30.3 Å². The summed E-state index contributed by atoms with van der Waals surface area (Å²) in [5.41, 5.74) is 0.735. The zero-order valence-electron chi connectivity index (χ0n) is 11.3. The number of fused-ring (bicyclic) bond motifs is 1. The third kappa shape index (κ3) is 2.51. The summed E-state index contributed by atoms with van der Waals surface area (Å²) in [6.07, 6.45) is 0.957. The fourth-order valence-corrected chi connectivity index (χ4v) is 2.85. The maximum Gasteiger partial charge on any atom is 0.253 e. The molecule has 2 fully saturated rings. The lowest BCUT2D eigenvalue weighted by Crippen LogP contribution is -2.47. The first-order chi connectivity index (χ1) is 9.05. The number of carbonyl (C=O) groups is 1. The summed E-state index contributed by atoms with van der Waals surface area (Å²) in [6.45, 7) is 5.19. The minimum atomic E-state index is -0.527. The lowest BCUT2D eigenvalue weighted by Gasteiger charge is -2.32. The van der Waals surface area contributed by atoms with Crippen LogP contribution in [0.25, 0.3) is 0 Å². The number of ether oxygens (including phenoxy) is 2. The van der Waals surface area contributed by atoms with Crippen molar-refractivity contribution in [1.82, 2.24) is 4.90 Å². The number of piperidine rings is 1. The molecule has 1 aromatic carbocycles. The summed E-state index contributed by atoms with van der Waals surface area (Å²) in [7, 11) is 0. The van der Waals surface area contributed by atoms with Crippen LogP contribution in [-0.4, -0.2) is 41.9 Å². The van der Waals surface area contributed by atoms with Crippen molar-refractivity contribution in [2.45, 2.75) is 38.3 Å². The van der Waals surface area contributed by atoms with Gasteiger partial charge in [-0.05, 0) is 32.4 Å². The highest BCUT2D eigenvalue weighted by Crippen LogP contribution is 2.33. The van der Waals surface area contributed by atoms with Crippen molar-refractivity contribution in [3.63, 3.8) is 0 Å². The summed E-state index contributed by atoms with van der Waals surface area (Å²) in [6, 6.07) is 9.39. The van der Waals surface area contributed by atoms with E-state index in [0.717, 1.165) is 18.5 Å². The van der Waals surface area contributed by atoms with Crippen molar-refractivity contribution in [2.24, 2.45) is 0 Å². The SMILES string of the molecule is CC1(C)OC2CCN(C(=O)c3ccccc3)CC2O1. The lowest BCUT2D eigenvalue weighted by atomic mass is 10.0. The number of hydrogen-bond acceptors (Lipinski definition) is 3. The van der Waals surface area contributed by atoms with Gasteiger partial charge in [-0.2, -0.15) is 0 Å². The molecule has 4 heteroatoms. The number of amides is 1. The van der Waals surface area contributed by atoms with Crippen molar-refractivity contribution >= 4 is 5.91 Å². The largest absolute Gasteiger partial charge is 0.344 e. The van der Waals surface area contributed by atoms with E-state index in [0.29, 0.717) is 6.54 Å². The molecule has 0 spiro atoms. The van der Waals surface area contributed by atoms with Crippen LogP contribution in [0.4, 0.5) is 0 Å². The standard InChI is InChI=1S/C15H19NO3/c1-15(2)18-12-8-9-16(10-13(12)19-15)14(17)11-6-4-3-5-7-11/h3-7,12-13H,8-10H2,1-2H3. The first-order valence-corrected chi connectivity index (χ1v) is 6.75. The third-order valence-corrected chi connectivity index (χ3v) is 3.68. The van der Waals surface area contributed by atoms with Gasteiger partial charge < -0.3 is 14.4 Å². The Morgan fingerprint density at radius 3 is 2.63 bits per heavy atom. The molecule has 4 nitrogen and oxygen atoms in total. The predicted molar refractivity (Wildman–Crippen MR) is 70.8 cm³/mol. The van der Waals surface area contributed by atoms with Gasteiger partial charge in [-0.25, -0.2) is 0 Å². The van der Waals surface area contributed by atoms with Gasteiger partial charge in [-0.15, -0.1) is 0 Å². The monoisotopic (exact) mass is 261 g/mol. The molecule has 2 unspecified atom stereocenters. The van der Waals surface area contributed by atoms with Crippen LogP contribution in [0.2, 0.25) is 0 Å². The van der Waals surface area contributed by atoms with Crippen LogP contribution < -0.4 is 0 Å². The molecule has 2 heterocycles. The maximum absolute atomic E-state index is 12.4. The Morgan fingerprint density at radius 1 is 1.21 bits per heavy atom. The first kappa shape index (κ1) is 12.6. The Bertz CT molecular complexity index is 472. The van der Waals surface area contributed by atoms with Gasteiger partial charge in [0.25, 0.3) is 5.91 Å². The molecule has 2 aliphatic heterocycles. The maximum atomic E-state index is 12.4. The fourth-order valence-electron chi connectivity index (χ4n) is 2.85. The summed E-state index contributed by atoms with van der Waals surface area (Å²) in [5, 5.41) is 0. The van der Waals surface area contributed by atoms with Crippen LogP contribution in [0.1, 0.15) is 30.6 Å². The molecular weight excluding hydrogens is 242 g/mol. The molecule has 0 aromatic heterocycles. The van der Waals surface area contributed by atoms with Gasteiger partial charge in [0.2, 0.25) is 0 Å². The first-order valence-electron chi connectivity index (χ1n) is 6.75. The summed E-state index contributed by atoms with van der Waals surface area (Å²) in [5.74, 6) is -0.450. The highest BCUT2D eigenvalue weighted by Gasteiger charge is 2.44. The van der Waals surface area contributed by atoms with E-state index < -0.39 is 5.79 Å². The van der Waals surface area contributed by atoms with Crippen molar-refractivity contribution in [3.05, 3.63) is 35.9 Å². The minimum absolute atomic E-state index is 0.00332. The molecule has 0 saturated carbocycles. The zero-order valence-corrected chi connectivity index (χ0v) is 11.3. The number of likely N-dealkylation sites (tertiary alicyclic amines) is 1. The zero-order chi connectivity index (χ0) is 13.5. The van der Waals surface area contributed by atoms with Gasteiger partial charge in [-0.1, -0.05) is 18.2 Å². The van der Waals surface area contributed by atoms with Gasteiger partial charge in [-0.3, -0.25) is 4.79 Å². The Hall–Kier alpha value is -1.39. The topological polar surface area (TPSA) is 38.8 Å². The molecule has 0 aliphatic carbocycles. The molecule has 2 aliphatic rings. The van der Waals surface area contributed by atoms with Gasteiger partial charge in [0.15, 0.2) is 5.79 Å². The van der Waals surface area contributed by atoms with E-state index in [1.807, 2.05) is 49.1 Å². The Labute approximate surface area is 113 Å². The quantitative estimate of drug-likeness (QED) is 0.776. The Morgan fingerprint density at radius 2 is 1.89 bits per heavy atom. The molecule has 0 bridgehead atoms. The highest BCUT2D eigenvalue weighted by molar-refractivity contribution is 5.94. The molecular formula is C15H19NO3. The second kappa shape index (κ2) is 4.62. The molecule has 3 rings (SSSR count). The van der Waals surface area contributed by atoms with Crippen LogP contribution in [-0.2, 0) is 9.47 Å². The van der Waals surface area contributed by atoms with Crippen molar-refractivity contribution < 1.29 is 14.3 Å². The van der Waals surface area contributed by atoms with E-state index in [4.69, 9.17) is 9.47 Å². The van der Waals surface area contributed by atoms with Crippen molar-refractivity contribution in [3.8, 4) is 0 Å². The molecule has 0 radical (unpaired) electrons. The third-order valence-electron chi connectivity index (χ3n) is 3.68. The predicted octanol–water partition coefficient (Wildman–Crippen LogP) is 2.05. The summed E-state index contributed by atoms with van der Waals surface area (Å²) in [4.78, 5) is 14.2. The van der Waals surface area contributed by atoms with E-state index in [1.54, 1.807) is 0 Å². The Balaban J connectivity index is 1.70. The average molecular weight is 261 g/mol.